The van der Waals surface area contributed by atoms with Gasteiger partial charge in [-0.3, -0.25) is 0 Å². The normalized spacial score (nSPS) is 17.2. The molecule has 1 atom stereocenters. The third-order valence-corrected chi connectivity index (χ3v) is 4.97. The molecule has 0 radical (unpaired) electrons. The first kappa shape index (κ1) is 12.1. The Kier molecular flexibility index (Phi) is 3.31. The average molecular weight is 261 g/mol. The lowest BCUT2D eigenvalue weighted by atomic mass is 10.0. The molecule has 0 bridgehead atoms. The van der Waals surface area contributed by atoms with Gasteiger partial charge < -0.3 is 5.32 Å². The predicted octanol–water partition coefficient (Wildman–Crippen LogP) is 2.79. The number of aryl methyl sites for hydroxylation is 1. The fourth-order valence-corrected chi connectivity index (χ4v) is 3.46. The number of rotatable bonds is 5. The van der Waals surface area contributed by atoms with E-state index in [-0.39, 0.29) is 0 Å². The molecule has 2 aromatic heterocycles. The maximum atomic E-state index is 4.51. The van der Waals surface area contributed by atoms with Gasteiger partial charge in [0.05, 0.1) is 5.69 Å². The van der Waals surface area contributed by atoms with Crippen LogP contribution in [-0.2, 0) is 12.8 Å². The largest absolute Gasteiger partial charge is 0.316 e. The molecule has 0 saturated heterocycles. The van der Waals surface area contributed by atoms with Crippen LogP contribution in [0.2, 0.25) is 0 Å². The standard InChI is InChI=1S/C14H19N3S/c1-3-10-6-11-13(16-8-17-14(11)18-10)7-12(15-2)9-4-5-9/h6,8-9,12,15H,3-5,7H2,1-2H3. The van der Waals surface area contributed by atoms with Gasteiger partial charge in [-0.25, -0.2) is 9.97 Å². The third kappa shape index (κ3) is 2.27. The Hall–Kier alpha value is -1.00. The van der Waals surface area contributed by atoms with Crippen molar-refractivity contribution in [3.05, 3.63) is 23.0 Å². The topological polar surface area (TPSA) is 37.8 Å². The SMILES string of the molecule is CCc1cc2c(CC(NC)C3CC3)ncnc2s1. The minimum atomic E-state index is 0.577. The molecule has 2 heterocycles. The van der Waals surface area contributed by atoms with E-state index in [1.807, 2.05) is 0 Å². The summed E-state index contributed by atoms with van der Waals surface area (Å²) in [5.41, 5.74) is 1.21. The highest BCUT2D eigenvalue weighted by atomic mass is 32.1. The van der Waals surface area contributed by atoms with Crippen molar-refractivity contribution >= 4 is 21.6 Å². The van der Waals surface area contributed by atoms with E-state index in [1.54, 1.807) is 17.7 Å². The van der Waals surface area contributed by atoms with Gasteiger partial charge in [-0.2, -0.15) is 0 Å². The van der Waals surface area contributed by atoms with E-state index < -0.39 is 0 Å². The fraction of sp³-hybridized carbons (Fsp3) is 0.571. The van der Waals surface area contributed by atoms with Crippen LogP contribution in [0.4, 0.5) is 0 Å². The van der Waals surface area contributed by atoms with Crippen LogP contribution < -0.4 is 5.32 Å². The molecule has 1 unspecified atom stereocenters. The Morgan fingerprint density at radius 2 is 2.28 bits per heavy atom. The van der Waals surface area contributed by atoms with Gasteiger partial charge in [0.25, 0.3) is 0 Å². The Morgan fingerprint density at radius 1 is 1.44 bits per heavy atom. The summed E-state index contributed by atoms with van der Waals surface area (Å²) in [5, 5.41) is 4.71. The van der Waals surface area contributed by atoms with E-state index in [0.29, 0.717) is 6.04 Å². The first-order valence-electron chi connectivity index (χ1n) is 6.71. The summed E-state index contributed by atoms with van der Waals surface area (Å²) < 4.78 is 0. The molecule has 4 heteroatoms. The molecule has 3 nitrogen and oxygen atoms in total. The summed E-state index contributed by atoms with van der Waals surface area (Å²) >= 11 is 1.80. The van der Waals surface area contributed by atoms with E-state index >= 15 is 0 Å². The third-order valence-electron chi connectivity index (χ3n) is 3.79. The summed E-state index contributed by atoms with van der Waals surface area (Å²) in [6, 6.07) is 2.85. The highest BCUT2D eigenvalue weighted by molar-refractivity contribution is 7.18. The summed E-state index contributed by atoms with van der Waals surface area (Å²) in [4.78, 5) is 11.4. The van der Waals surface area contributed by atoms with Crippen LogP contribution in [0.5, 0.6) is 0 Å². The second kappa shape index (κ2) is 4.94. The van der Waals surface area contributed by atoms with Gasteiger partial charge in [-0.05, 0) is 38.3 Å². The van der Waals surface area contributed by atoms with Crippen molar-refractivity contribution in [3.8, 4) is 0 Å². The quantitative estimate of drug-likeness (QED) is 0.899. The molecule has 96 valence electrons. The molecule has 2 aromatic rings. The Bertz CT molecular complexity index is 545. The second-order valence-corrected chi connectivity index (χ2v) is 6.16. The van der Waals surface area contributed by atoms with Gasteiger partial charge in [0.1, 0.15) is 11.2 Å². The minimum absolute atomic E-state index is 0.577. The highest BCUT2D eigenvalue weighted by Crippen LogP contribution is 2.35. The molecule has 1 fully saturated rings. The molecule has 1 saturated carbocycles. The van der Waals surface area contributed by atoms with Crippen molar-refractivity contribution in [3.63, 3.8) is 0 Å². The number of likely N-dealkylation sites (N-methyl/N-ethyl adjacent to an activating group) is 1. The highest BCUT2D eigenvalue weighted by Gasteiger charge is 2.30. The van der Waals surface area contributed by atoms with Gasteiger partial charge in [-0.1, -0.05) is 6.92 Å². The number of fused-ring (bicyclic) bond motifs is 1. The lowest BCUT2D eigenvalue weighted by molar-refractivity contribution is 0.497. The van der Waals surface area contributed by atoms with E-state index in [2.05, 4.69) is 35.3 Å². The lowest BCUT2D eigenvalue weighted by Crippen LogP contribution is -2.30. The van der Waals surface area contributed by atoms with Crippen LogP contribution in [0, 0.1) is 5.92 Å². The molecule has 0 amide bonds. The van der Waals surface area contributed by atoms with E-state index in [0.717, 1.165) is 23.6 Å². The van der Waals surface area contributed by atoms with Crippen molar-refractivity contribution in [2.75, 3.05) is 7.05 Å². The van der Waals surface area contributed by atoms with Gasteiger partial charge in [-0.15, -0.1) is 11.3 Å². The first-order chi connectivity index (χ1) is 8.81. The zero-order valence-electron chi connectivity index (χ0n) is 10.9. The fourth-order valence-electron chi connectivity index (χ4n) is 2.50. The van der Waals surface area contributed by atoms with Crippen molar-refractivity contribution in [2.45, 2.75) is 38.6 Å². The number of nitrogens with one attached hydrogen (secondary N) is 1. The predicted molar refractivity (Wildman–Crippen MR) is 76.1 cm³/mol. The molecular formula is C14H19N3S. The van der Waals surface area contributed by atoms with Gasteiger partial charge in [0.2, 0.25) is 0 Å². The smallest absolute Gasteiger partial charge is 0.127 e. The van der Waals surface area contributed by atoms with E-state index in [9.17, 15) is 0 Å². The van der Waals surface area contributed by atoms with Crippen LogP contribution in [0.3, 0.4) is 0 Å². The molecule has 3 rings (SSSR count). The zero-order valence-corrected chi connectivity index (χ0v) is 11.8. The molecule has 0 aromatic carbocycles. The van der Waals surface area contributed by atoms with Crippen molar-refractivity contribution < 1.29 is 0 Å². The van der Waals surface area contributed by atoms with E-state index in [4.69, 9.17) is 0 Å². The molecule has 1 aliphatic rings. The Balaban J connectivity index is 1.92. The molecule has 0 spiro atoms. The minimum Gasteiger partial charge on any atom is -0.316 e. The van der Waals surface area contributed by atoms with Crippen LogP contribution >= 0.6 is 11.3 Å². The maximum absolute atomic E-state index is 4.51. The number of hydrogen-bond donors (Lipinski definition) is 1. The molecule has 1 N–H and O–H groups in total. The molecular weight excluding hydrogens is 242 g/mol. The molecule has 0 aliphatic heterocycles. The lowest BCUT2D eigenvalue weighted by Gasteiger charge is -2.14. The van der Waals surface area contributed by atoms with Crippen molar-refractivity contribution in [2.24, 2.45) is 5.92 Å². The summed E-state index contributed by atoms with van der Waals surface area (Å²) in [6.45, 7) is 2.19. The maximum Gasteiger partial charge on any atom is 0.127 e. The number of aromatic nitrogens is 2. The summed E-state index contributed by atoms with van der Waals surface area (Å²) in [7, 11) is 2.06. The van der Waals surface area contributed by atoms with E-state index in [1.165, 1.54) is 28.8 Å². The number of nitrogens with zero attached hydrogens (tertiary/aromatic N) is 2. The second-order valence-electron chi connectivity index (χ2n) is 5.04. The van der Waals surface area contributed by atoms with Crippen LogP contribution in [0.1, 0.15) is 30.3 Å². The summed E-state index contributed by atoms with van der Waals surface area (Å²) in [6.07, 6.45) is 6.55. The monoisotopic (exact) mass is 261 g/mol. The first-order valence-corrected chi connectivity index (χ1v) is 7.53. The molecule has 18 heavy (non-hydrogen) atoms. The van der Waals surface area contributed by atoms with Crippen LogP contribution in [0.25, 0.3) is 10.2 Å². The van der Waals surface area contributed by atoms with Crippen LogP contribution in [-0.4, -0.2) is 23.1 Å². The Morgan fingerprint density at radius 3 is 2.94 bits per heavy atom. The van der Waals surface area contributed by atoms with Gasteiger partial charge in [0.15, 0.2) is 0 Å². The van der Waals surface area contributed by atoms with Crippen molar-refractivity contribution in [1.29, 1.82) is 0 Å². The van der Waals surface area contributed by atoms with Crippen LogP contribution in [0.15, 0.2) is 12.4 Å². The van der Waals surface area contributed by atoms with Gasteiger partial charge in [0, 0.05) is 22.7 Å². The Labute approximate surface area is 112 Å². The number of hydrogen-bond acceptors (Lipinski definition) is 4. The number of thiophene rings is 1. The summed E-state index contributed by atoms with van der Waals surface area (Å²) in [5.74, 6) is 0.851. The molecule has 1 aliphatic carbocycles. The van der Waals surface area contributed by atoms with Gasteiger partial charge >= 0.3 is 0 Å². The zero-order chi connectivity index (χ0) is 12.5. The van der Waals surface area contributed by atoms with Crippen molar-refractivity contribution in [1.82, 2.24) is 15.3 Å². The average Bonchev–Trinajstić information content (AvgIpc) is 3.14.